The first-order chi connectivity index (χ1) is 18.1. The zero-order chi connectivity index (χ0) is 28.6. The van der Waals surface area contributed by atoms with Crippen molar-refractivity contribution in [2.45, 2.75) is 15.5 Å². The quantitative estimate of drug-likeness (QED) is 0.209. The van der Waals surface area contributed by atoms with Crippen molar-refractivity contribution in [3.8, 4) is 16.9 Å². The van der Waals surface area contributed by atoms with Crippen molar-refractivity contribution < 1.29 is 43.5 Å². The summed E-state index contributed by atoms with van der Waals surface area (Å²) < 4.78 is 125. The van der Waals surface area contributed by atoms with E-state index in [-0.39, 0.29) is 31.0 Å². The molecule has 4 aromatic rings. The number of alkyl halides is 3. The van der Waals surface area contributed by atoms with Crippen LogP contribution in [0.3, 0.4) is 0 Å². The fourth-order valence-electron chi connectivity index (χ4n) is 3.28. The van der Waals surface area contributed by atoms with Crippen LogP contribution in [0.25, 0.3) is 11.1 Å². The number of benzene rings is 3. The molecule has 0 atom stereocenters. The number of sulfonamides is 2. The lowest BCUT2D eigenvalue weighted by Gasteiger charge is -2.16. The molecule has 0 aliphatic rings. The Kier molecular flexibility index (Phi) is 7.80. The highest BCUT2D eigenvalue weighted by molar-refractivity contribution is 7.94. The van der Waals surface area contributed by atoms with Crippen molar-refractivity contribution in [1.82, 2.24) is 0 Å². The minimum absolute atomic E-state index is 0.0294. The van der Waals surface area contributed by atoms with Crippen LogP contribution in [-0.2, 0) is 20.0 Å². The number of rotatable bonds is 8. The molecule has 0 bridgehead atoms. The van der Waals surface area contributed by atoms with Gasteiger partial charge in [-0.25, -0.2) is 25.6 Å². The second-order valence-corrected chi connectivity index (χ2v) is 13.0. The summed E-state index contributed by atoms with van der Waals surface area (Å²) in [6.45, 7) is 0. The highest BCUT2D eigenvalue weighted by Crippen LogP contribution is 2.35. The van der Waals surface area contributed by atoms with E-state index < -0.39 is 48.7 Å². The van der Waals surface area contributed by atoms with Crippen LogP contribution in [-0.4, -0.2) is 23.2 Å². The molecule has 0 amide bonds. The molecule has 39 heavy (non-hydrogen) atoms. The minimum atomic E-state index is -4.98. The number of ether oxygens (including phenoxy) is 1. The third-order valence-corrected chi connectivity index (χ3v) is 9.36. The van der Waals surface area contributed by atoms with E-state index in [1.54, 1.807) is 0 Å². The van der Waals surface area contributed by atoms with Gasteiger partial charge in [0.25, 0.3) is 20.0 Å². The average Bonchev–Trinajstić information content (AvgIpc) is 3.26. The predicted molar refractivity (Wildman–Crippen MR) is 136 cm³/mol. The van der Waals surface area contributed by atoms with Gasteiger partial charge in [-0.2, -0.15) is 0 Å². The molecule has 0 aliphatic carbocycles. The highest BCUT2D eigenvalue weighted by atomic mass is 35.5. The summed E-state index contributed by atoms with van der Waals surface area (Å²) in [4.78, 5) is -0.466. The molecule has 0 saturated carbocycles. The second-order valence-electron chi connectivity index (χ2n) is 7.71. The molecule has 0 aliphatic heterocycles. The highest BCUT2D eigenvalue weighted by Gasteiger charge is 2.31. The summed E-state index contributed by atoms with van der Waals surface area (Å²) >= 11 is 6.55. The van der Waals surface area contributed by atoms with Crippen LogP contribution < -0.4 is 14.2 Å². The first-order valence-corrected chi connectivity index (χ1v) is 14.5. The molecule has 0 saturated heterocycles. The smallest absolute Gasteiger partial charge is 0.406 e. The van der Waals surface area contributed by atoms with Gasteiger partial charge in [0, 0.05) is 6.07 Å². The number of thiophene rings is 1. The summed E-state index contributed by atoms with van der Waals surface area (Å²) in [7, 11) is -8.76. The topological polar surface area (TPSA) is 102 Å². The third-order valence-electron chi connectivity index (χ3n) is 4.89. The van der Waals surface area contributed by atoms with Gasteiger partial charge >= 0.3 is 6.36 Å². The molecule has 0 unspecified atom stereocenters. The van der Waals surface area contributed by atoms with E-state index in [0.29, 0.717) is 6.07 Å². The van der Waals surface area contributed by atoms with Crippen molar-refractivity contribution in [3.05, 3.63) is 88.8 Å². The van der Waals surface area contributed by atoms with E-state index in [9.17, 15) is 38.8 Å². The molecular formula is C23H14ClF5N2O5S3. The lowest BCUT2D eigenvalue weighted by Crippen LogP contribution is -2.18. The summed E-state index contributed by atoms with van der Waals surface area (Å²) in [6.07, 6.45) is -4.98. The first-order valence-electron chi connectivity index (χ1n) is 10.4. The van der Waals surface area contributed by atoms with Crippen LogP contribution in [0.4, 0.5) is 33.3 Å². The monoisotopic (exact) mass is 624 g/mol. The van der Waals surface area contributed by atoms with Gasteiger partial charge in [0.15, 0.2) is 0 Å². The first kappa shape index (κ1) is 28.6. The van der Waals surface area contributed by atoms with Crippen molar-refractivity contribution in [3.63, 3.8) is 0 Å². The van der Waals surface area contributed by atoms with Crippen LogP contribution in [0.1, 0.15) is 0 Å². The van der Waals surface area contributed by atoms with Crippen molar-refractivity contribution in [2.24, 2.45) is 0 Å². The lowest BCUT2D eigenvalue weighted by molar-refractivity contribution is -0.274. The van der Waals surface area contributed by atoms with Gasteiger partial charge in [-0.05, 0) is 71.8 Å². The van der Waals surface area contributed by atoms with Crippen molar-refractivity contribution in [2.75, 3.05) is 9.44 Å². The second kappa shape index (κ2) is 10.6. The lowest BCUT2D eigenvalue weighted by atomic mass is 10.0. The van der Waals surface area contributed by atoms with Crippen LogP contribution in [0, 0.1) is 11.6 Å². The van der Waals surface area contributed by atoms with Crippen LogP contribution in [0.15, 0.2) is 81.9 Å². The molecular weight excluding hydrogens is 611 g/mol. The third kappa shape index (κ3) is 7.17. The van der Waals surface area contributed by atoms with Crippen molar-refractivity contribution in [1.29, 1.82) is 0 Å². The van der Waals surface area contributed by atoms with E-state index in [1.165, 1.54) is 18.2 Å². The number of nitrogens with one attached hydrogen (secondary N) is 2. The van der Waals surface area contributed by atoms with Gasteiger partial charge < -0.3 is 4.74 Å². The molecule has 7 nitrogen and oxygen atoms in total. The number of hydrogen-bond acceptors (Lipinski definition) is 6. The Hall–Kier alpha value is -3.40. The standard InChI is InChI=1S/C23H14ClF5N2O5S3/c24-21-7-8-22(37-21)39(34,35)31-20-11-13(14-9-15(25)12-16(26)10-14)1-6-19(20)30-38(32,33)18-4-2-17(3-5-18)36-23(27,28)29/h1-12,30-31H. The fraction of sp³-hybridized carbons (Fsp3) is 0.0435. The Labute approximate surface area is 227 Å². The van der Waals surface area contributed by atoms with Crippen LogP contribution in [0.5, 0.6) is 5.75 Å². The molecule has 206 valence electrons. The Balaban J connectivity index is 1.73. The molecule has 16 heteroatoms. The molecule has 1 heterocycles. The van der Waals surface area contributed by atoms with Gasteiger partial charge in [-0.1, -0.05) is 17.7 Å². The molecule has 2 N–H and O–H groups in total. The maximum absolute atomic E-state index is 13.8. The van der Waals surface area contributed by atoms with Crippen molar-refractivity contribution >= 4 is 54.4 Å². The molecule has 0 radical (unpaired) electrons. The van der Waals surface area contributed by atoms with E-state index in [2.05, 4.69) is 14.2 Å². The minimum Gasteiger partial charge on any atom is -0.406 e. The normalized spacial score (nSPS) is 12.3. The Morgan fingerprint density at radius 1 is 0.718 bits per heavy atom. The summed E-state index contributed by atoms with van der Waals surface area (Å²) in [5.41, 5.74) is -0.451. The van der Waals surface area contributed by atoms with Gasteiger partial charge in [0.1, 0.15) is 21.6 Å². The summed E-state index contributed by atoms with van der Waals surface area (Å²) in [5, 5.41) is 0. The van der Waals surface area contributed by atoms with Gasteiger partial charge in [-0.3, -0.25) is 9.44 Å². The fourth-order valence-corrected chi connectivity index (χ4v) is 6.91. The molecule has 4 rings (SSSR count). The molecule has 3 aromatic carbocycles. The van der Waals surface area contributed by atoms with Gasteiger partial charge in [0.2, 0.25) is 0 Å². The Morgan fingerprint density at radius 3 is 1.90 bits per heavy atom. The van der Waals surface area contributed by atoms with E-state index >= 15 is 0 Å². The van der Waals surface area contributed by atoms with Gasteiger partial charge in [-0.15, -0.1) is 24.5 Å². The van der Waals surface area contributed by atoms with E-state index in [1.807, 2.05) is 0 Å². The van der Waals surface area contributed by atoms with Crippen LogP contribution in [0.2, 0.25) is 4.34 Å². The largest absolute Gasteiger partial charge is 0.573 e. The molecule has 1 aromatic heterocycles. The predicted octanol–water partition coefficient (Wildman–Crippen LogP) is 6.85. The average molecular weight is 625 g/mol. The Bertz CT molecular complexity index is 1720. The summed E-state index contributed by atoms with van der Waals surface area (Å²) in [6, 6.07) is 12.0. The molecule has 0 spiro atoms. The number of halogens is 6. The zero-order valence-electron chi connectivity index (χ0n) is 19.0. The van der Waals surface area contributed by atoms with Crippen LogP contribution >= 0.6 is 22.9 Å². The number of anilines is 2. The zero-order valence-corrected chi connectivity index (χ0v) is 22.2. The van der Waals surface area contributed by atoms with E-state index in [0.717, 1.165) is 59.9 Å². The molecule has 0 fully saturated rings. The summed E-state index contributed by atoms with van der Waals surface area (Å²) in [5.74, 6) is -2.46. The maximum atomic E-state index is 13.8. The maximum Gasteiger partial charge on any atom is 0.573 e. The Morgan fingerprint density at radius 2 is 1.33 bits per heavy atom. The number of hydrogen-bond donors (Lipinski definition) is 2. The van der Waals surface area contributed by atoms with Gasteiger partial charge in [0.05, 0.1) is 20.6 Å². The van der Waals surface area contributed by atoms with E-state index in [4.69, 9.17) is 11.6 Å². The SMILES string of the molecule is O=S(=O)(Nc1ccc(-c2cc(F)cc(F)c2)cc1NS(=O)(=O)c1ccc(Cl)s1)c1ccc(OC(F)(F)F)cc1.